The number of halogens is 2. The summed E-state index contributed by atoms with van der Waals surface area (Å²) >= 11 is 1.10. The van der Waals surface area contributed by atoms with Crippen LogP contribution in [0.5, 0.6) is 0 Å². The van der Waals surface area contributed by atoms with Gasteiger partial charge in [-0.2, -0.15) is 0 Å². The summed E-state index contributed by atoms with van der Waals surface area (Å²) in [6.07, 6.45) is 0. The molecule has 10 heteroatoms. The first kappa shape index (κ1) is 22.7. The number of nitrogens with zero attached hydrogens (tertiary/aromatic N) is 4. The fraction of sp³-hybridized carbons (Fsp3) is 0.120. The second-order valence-corrected chi connectivity index (χ2v) is 8.92. The van der Waals surface area contributed by atoms with Crippen LogP contribution < -0.4 is 10.9 Å². The summed E-state index contributed by atoms with van der Waals surface area (Å²) in [5.74, 6) is -1.82. The summed E-state index contributed by atoms with van der Waals surface area (Å²) < 4.78 is 30.3. The highest BCUT2D eigenvalue weighted by Gasteiger charge is 2.18. The third kappa shape index (κ3) is 4.52. The number of benzene rings is 3. The predicted octanol–water partition coefficient (Wildman–Crippen LogP) is 4.41. The second-order valence-electron chi connectivity index (χ2n) is 7.97. The maximum Gasteiger partial charge on any atom is 0.263 e. The number of nitrogens with one attached hydrogen (secondary N) is 1. The van der Waals surface area contributed by atoms with Crippen molar-refractivity contribution in [3.8, 4) is 0 Å². The smallest absolute Gasteiger partial charge is 0.263 e. The Balaban J connectivity index is 1.48. The van der Waals surface area contributed by atoms with Gasteiger partial charge in [0.05, 0.1) is 28.9 Å². The van der Waals surface area contributed by atoms with E-state index in [2.05, 4.69) is 15.5 Å². The van der Waals surface area contributed by atoms with E-state index in [4.69, 9.17) is 0 Å². The van der Waals surface area contributed by atoms with Crippen molar-refractivity contribution in [2.24, 2.45) is 0 Å². The molecule has 3 aromatic carbocycles. The highest BCUT2D eigenvalue weighted by Crippen LogP contribution is 2.23. The fourth-order valence-corrected chi connectivity index (χ4v) is 4.49. The van der Waals surface area contributed by atoms with Crippen molar-refractivity contribution in [2.45, 2.75) is 18.6 Å². The van der Waals surface area contributed by atoms with Gasteiger partial charge < -0.3 is 5.32 Å². The van der Waals surface area contributed by atoms with Crippen LogP contribution in [0.3, 0.4) is 0 Å². The number of anilines is 1. The molecule has 2 aromatic heterocycles. The first-order chi connectivity index (χ1) is 16.9. The summed E-state index contributed by atoms with van der Waals surface area (Å²) in [5.41, 5.74) is 2.37. The number of hydrogen-bond acceptors (Lipinski definition) is 5. The Labute approximate surface area is 202 Å². The number of aryl methyl sites for hydroxylation is 1. The van der Waals surface area contributed by atoms with Crippen molar-refractivity contribution in [1.29, 1.82) is 0 Å². The number of hydrogen-bond donors (Lipinski definition) is 1. The zero-order chi connectivity index (χ0) is 24.5. The van der Waals surface area contributed by atoms with E-state index in [0.717, 1.165) is 35.0 Å². The minimum absolute atomic E-state index is 0.0942. The van der Waals surface area contributed by atoms with Gasteiger partial charge in [-0.25, -0.2) is 8.78 Å². The molecule has 7 nitrogen and oxygen atoms in total. The number of para-hydroxylation sites is 1. The fourth-order valence-electron chi connectivity index (χ4n) is 3.75. The molecule has 0 aliphatic heterocycles. The molecule has 5 aromatic rings. The normalized spacial score (nSPS) is 11.3. The molecule has 0 spiro atoms. The van der Waals surface area contributed by atoms with Gasteiger partial charge >= 0.3 is 0 Å². The van der Waals surface area contributed by atoms with Crippen molar-refractivity contribution < 1.29 is 13.6 Å². The zero-order valence-corrected chi connectivity index (χ0v) is 19.4. The van der Waals surface area contributed by atoms with Crippen LogP contribution in [0.2, 0.25) is 0 Å². The SMILES string of the molecule is Cc1ccc(Cn2c(=O)c3ccccc3n3c(SCC(=O)Nc4ccc(F)cc4F)nnc23)cc1. The van der Waals surface area contributed by atoms with Crippen LogP contribution >= 0.6 is 11.8 Å². The van der Waals surface area contributed by atoms with Gasteiger partial charge in [-0.1, -0.05) is 53.7 Å². The Morgan fingerprint density at radius 3 is 2.57 bits per heavy atom. The van der Waals surface area contributed by atoms with Crippen LogP contribution in [-0.4, -0.2) is 30.8 Å². The van der Waals surface area contributed by atoms with Crippen LogP contribution in [0, 0.1) is 18.6 Å². The second kappa shape index (κ2) is 9.30. The van der Waals surface area contributed by atoms with Crippen molar-refractivity contribution in [3.05, 3.63) is 99.8 Å². The van der Waals surface area contributed by atoms with Gasteiger partial charge in [-0.15, -0.1) is 10.2 Å². The molecule has 0 unspecified atom stereocenters. The molecule has 35 heavy (non-hydrogen) atoms. The molecule has 0 saturated heterocycles. The summed E-state index contributed by atoms with van der Waals surface area (Å²) in [4.78, 5) is 25.7. The lowest BCUT2D eigenvalue weighted by Crippen LogP contribution is -2.24. The van der Waals surface area contributed by atoms with E-state index in [1.807, 2.05) is 37.3 Å². The van der Waals surface area contributed by atoms with Crippen LogP contribution in [-0.2, 0) is 11.3 Å². The first-order valence-corrected chi connectivity index (χ1v) is 11.7. The Bertz CT molecular complexity index is 1630. The van der Waals surface area contributed by atoms with E-state index in [-0.39, 0.29) is 17.0 Å². The minimum atomic E-state index is -0.859. The molecule has 5 rings (SSSR count). The third-order valence-electron chi connectivity index (χ3n) is 5.48. The molecule has 0 saturated carbocycles. The lowest BCUT2D eigenvalue weighted by molar-refractivity contribution is -0.113. The van der Waals surface area contributed by atoms with E-state index in [0.29, 0.717) is 34.4 Å². The molecule has 0 aliphatic rings. The van der Waals surface area contributed by atoms with Crippen LogP contribution in [0.1, 0.15) is 11.1 Å². The van der Waals surface area contributed by atoms with Gasteiger partial charge in [0.2, 0.25) is 11.7 Å². The molecular formula is C25H19F2N5O2S. The lowest BCUT2D eigenvalue weighted by atomic mass is 10.1. The standard InChI is InChI=1S/C25H19F2N5O2S/c1-15-6-8-16(9-7-15)13-31-23(34)18-4-2-3-5-21(18)32-24(31)29-30-25(32)35-14-22(33)28-20-11-10-17(26)12-19(20)27/h2-12H,13-14H2,1H3,(H,28,33). The summed E-state index contributed by atoms with van der Waals surface area (Å²) in [6, 6.07) is 17.9. The number of fused-ring (bicyclic) bond motifs is 3. The number of carbonyl (C=O) groups is 1. The maximum atomic E-state index is 13.9. The Morgan fingerprint density at radius 1 is 1.03 bits per heavy atom. The topological polar surface area (TPSA) is 81.3 Å². The minimum Gasteiger partial charge on any atom is -0.323 e. The quantitative estimate of drug-likeness (QED) is 0.356. The highest BCUT2D eigenvalue weighted by molar-refractivity contribution is 7.99. The molecule has 0 radical (unpaired) electrons. The number of carbonyl (C=O) groups excluding carboxylic acids is 1. The molecule has 1 amide bonds. The van der Waals surface area contributed by atoms with Gasteiger partial charge in [0.1, 0.15) is 11.6 Å². The molecule has 2 heterocycles. The van der Waals surface area contributed by atoms with Crippen molar-refractivity contribution in [2.75, 3.05) is 11.1 Å². The number of rotatable bonds is 6. The van der Waals surface area contributed by atoms with Crippen molar-refractivity contribution in [3.63, 3.8) is 0 Å². The number of amides is 1. The monoisotopic (exact) mass is 491 g/mol. The molecule has 0 atom stereocenters. The first-order valence-electron chi connectivity index (χ1n) is 10.7. The Kier molecular flexibility index (Phi) is 6.04. The van der Waals surface area contributed by atoms with E-state index in [9.17, 15) is 18.4 Å². The Morgan fingerprint density at radius 2 is 1.80 bits per heavy atom. The van der Waals surface area contributed by atoms with Gasteiger partial charge in [0.15, 0.2) is 5.16 Å². The average Bonchev–Trinajstić information content (AvgIpc) is 3.27. The van der Waals surface area contributed by atoms with Gasteiger partial charge in [-0.05, 0) is 36.8 Å². The summed E-state index contributed by atoms with van der Waals surface area (Å²) in [7, 11) is 0. The molecule has 0 bridgehead atoms. The van der Waals surface area contributed by atoms with Crippen molar-refractivity contribution in [1.82, 2.24) is 19.2 Å². The van der Waals surface area contributed by atoms with Gasteiger partial charge in [0, 0.05) is 6.07 Å². The number of thioether (sulfide) groups is 1. The van der Waals surface area contributed by atoms with Crippen molar-refractivity contribution >= 4 is 40.0 Å². The van der Waals surface area contributed by atoms with E-state index < -0.39 is 17.5 Å². The van der Waals surface area contributed by atoms with Crippen LogP contribution in [0.15, 0.2) is 76.7 Å². The molecular weight excluding hydrogens is 472 g/mol. The molecule has 176 valence electrons. The lowest BCUT2D eigenvalue weighted by Gasteiger charge is -2.11. The Hall–Kier alpha value is -4.05. The van der Waals surface area contributed by atoms with Gasteiger partial charge in [-0.3, -0.25) is 18.6 Å². The molecule has 0 aliphatic carbocycles. The third-order valence-corrected chi connectivity index (χ3v) is 6.41. The predicted molar refractivity (Wildman–Crippen MR) is 131 cm³/mol. The highest BCUT2D eigenvalue weighted by atomic mass is 32.2. The van der Waals surface area contributed by atoms with E-state index in [1.54, 1.807) is 27.2 Å². The summed E-state index contributed by atoms with van der Waals surface area (Å²) in [5, 5.41) is 11.8. The molecule has 0 fully saturated rings. The number of aromatic nitrogens is 4. The van der Waals surface area contributed by atoms with Crippen LogP contribution in [0.4, 0.5) is 14.5 Å². The molecule has 1 N–H and O–H groups in total. The summed E-state index contributed by atoms with van der Waals surface area (Å²) in [6.45, 7) is 2.30. The van der Waals surface area contributed by atoms with Crippen LogP contribution in [0.25, 0.3) is 16.7 Å². The average molecular weight is 492 g/mol. The largest absolute Gasteiger partial charge is 0.323 e. The van der Waals surface area contributed by atoms with E-state index >= 15 is 0 Å². The zero-order valence-electron chi connectivity index (χ0n) is 18.5. The maximum absolute atomic E-state index is 13.9. The van der Waals surface area contributed by atoms with E-state index in [1.165, 1.54) is 0 Å². The van der Waals surface area contributed by atoms with Gasteiger partial charge in [0.25, 0.3) is 5.56 Å².